The van der Waals surface area contributed by atoms with Gasteiger partial charge in [0, 0.05) is 24.8 Å². The average Bonchev–Trinajstić information content (AvgIpc) is 2.73. The molecule has 3 heteroatoms. The van der Waals surface area contributed by atoms with Crippen molar-refractivity contribution in [2.75, 3.05) is 13.1 Å². The van der Waals surface area contributed by atoms with Crippen LogP contribution in [0.3, 0.4) is 0 Å². The zero-order chi connectivity index (χ0) is 19.9. The van der Waals surface area contributed by atoms with E-state index < -0.39 is 0 Å². The Morgan fingerprint density at radius 3 is 2.50 bits per heavy atom. The predicted octanol–water partition coefficient (Wildman–Crippen LogP) is 6.02. The van der Waals surface area contributed by atoms with E-state index in [1.807, 2.05) is 12.3 Å². The molecule has 0 N–H and O–H groups in total. The molecule has 0 radical (unpaired) electrons. The fraction of sp³-hybridized carbons (Fsp3) is 0.560. The van der Waals surface area contributed by atoms with Gasteiger partial charge in [-0.3, -0.25) is 0 Å². The van der Waals surface area contributed by atoms with Gasteiger partial charge in [-0.05, 0) is 69.0 Å². The van der Waals surface area contributed by atoms with Gasteiger partial charge in [0.15, 0.2) is 0 Å². The van der Waals surface area contributed by atoms with E-state index >= 15 is 0 Å². The summed E-state index contributed by atoms with van der Waals surface area (Å²) in [6.45, 7) is 11.3. The van der Waals surface area contributed by atoms with Crippen LogP contribution < -0.4 is 4.74 Å². The molecule has 0 spiro atoms. The maximum Gasteiger partial charge on any atom is 0.213 e. The van der Waals surface area contributed by atoms with Crippen molar-refractivity contribution in [1.29, 1.82) is 0 Å². The molecule has 1 aromatic heterocycles. The monoisotopic (exact) mass is 380 g/mol. The molecule has 1 fully saturated rings. The second kappa shape index (κ2) is 10.1. The number of hydrogen-bond acceptors (Lipinski definition) is 3. The Morgan fingerprint density at radius 2 is 1.82 bits per heavy atom. The van der Waals surface area contributed by atoms with Crippen molar-refractivity contribution in [3.8, 4) is 5.88 Å². The van der Waals surface area contributed by atoms with Crippen molar-refractivity contribution < 1.29 is 4.74 Å². The number of nitrogens with zero attached hydrogens (tertiary/aromatic N) is 2. The Hall–Kier alpha value is -1.87. The number of rotatable bonds is 8. The molecule has 1 aromatic carbocycles. The standard InChI is InChI=1S/C25H36N2O/c1-19(2)23-14-15-25(26-17-23)28-21(4)13-12-20(3)27-16-8-11-24(18-27)22-9-6-5-7-10-22/h5-7,9-10,14-15,17,19-21,24H,8,11-13,16,18H2,1-4H3/t20?,21?,24-/m0/s1. The average molecular weight is 381 g/mol. The number of hydrogen-bond donors (Lipinski definition) is 0. The Bertz CT molecular complexity index is 698. The van der Waals surface area contributed by atoms with Gasteiger partial charge < -0.3 is 9.64 Å². The van der Waals surface area contributed by atoms with Crippen LogP contribution in [0, 0.1) is 0 Å². The molecule has 2 unspecified atom stereocenters. The van der Waals surface area contributed by atoms with Crippen molar-refractivity contribution >= 4 is 0 Å². The first-order valence-electron chi connectivity index (χ1n) is 10.9. The van der Waals surface area contributed by atoms with Crippen LogP contribution in [0.4, 0.5) is 0 Å². The van der Waals surface area contributed by atoms with Crippen LogP contribution in [0.15, 0.2) is 48.7 Å². The van der Waals surface area contributed by atoms with Gasteiger partial charge >= 0.3 is 0 Å². The highest BCUT2D eigenvalue weighted by atomic mass is 16.5. The van der Waals surface area contributed by atoms with E-state index in [0.717, 1.165) is 18.7 Å². The largest absolute Gasteiger partial charge is 0.475 e. The first-order valence-corrected chi connectivity index (χ1v) is 10.9. The van der Waals surface area contributed by atoms with Crippen molar-refractivity contribution in [3.05, 3.63) is 59.8 Å². The Labute approximate surface area is 171 Å². The zero-order valence-electron chi connectivity index (χ0n) is 18.0. The van der Waals surface area contributed by atoms with Gasteiger partial charge in [0.1, 0.15) is 0 Å². The third kappa shape index (κ3) is 5.81. The summed E-state index contributed by atoms with van der Waals surface area (Å²) in [5.74, 6) is 1.92. The molecular formula is C25H36N2O. The lowest BCUT2D eigenvalue weighted by Gasteiger charge is -2.37. The number of likely N-dealkylation sites (tertiary alicyclic amines) is 1. The van der Waals surface area contributed by atoms with Gasteiger partial charge in [0.2, 0.25) is 5.88 Å². The lowest BCUT2D eigenvalue weighted by atomic mass is 9.89. The van der Waals surface area contributed by atoms with Crippen molar-refractivity contribution in [2.24, 2.45) is 0 Å². The summed E-state index contributed by atoms with van der Waals surface area (Å²) in [5.41, 5.74) is 2.75. The molecule has 0 amide bonds. The maximum atomic E-state index is 6.05. The zero-order valence-corrected chi connectivity index (χ0v) is 18.0. The molecule has 2 heterocycles. The Kier molecular flexibility index (Phi) is 7.50. The van der Waals surface area contributed by atoms with E-state index in [2.05, 4.69) is 74.0 Å². The minimum Gasteiger partial charge on any atom is -0.475 e. The molecule has 3 rings (SSSR count). The highest BCUT2D eigenvalue weighted by Gasteiger charge is 2.24. The van der Waals surface area contributed by atoms with Crippen molar-refractivity contribution in [2.45, 2.75) is 77.4 Å². The summed E-state index contributed by atoms with van der Waals surface area (Å²) in [4.78, 5) is 7.14. The highest BCUT2D eigenvalue weighted by molar-refractivity contribution is 5.21. The predicted molar refractivity (Wildman–Crippen MR) is 117 cm³/mol. The molecule has 0 aliphatic carbocycles. The van der Waals surface area contributed by atoms with Crippen molar-refractivity contribution in [1.82, 2.24) is 9.88 Å². The molecular weight excluding hydrogens is 344 g/mol. The Balaban J connectivity index is 1.45. The minimum atomic E-state index is 0.189. The molecule has 0 bridgehead atoms. The minimum absolute atomic E-state index is 0.189. The summed E-state index contributed by atoms with van der Waals surface area (Å²) in [6, 6.07) is 15.7. The van der Waals surface area contributed by atoms with Crippen LogP contribution >= 0.6 is 0 Å². The van der Waals surface area contributed by atoms with Gasteiger partial charge in [0.05, 0.1) is 6.10 Å². The van der Waals surface area contributed by atoms with E-state index in [0.29, 0.717) is 17.9 Å². The molecule has 1 aliphatic rings. The fourth-order valence-corrected chi connectivity index (χ4v) is 4.13. The smallest absolute Gasteiger partial charge is 0.213 e. The SMILES string of the molecule is CC(CCC(C)N1CCC[C@H](c2ccccc2)C1)Oc1ccc(C(C)C)cn1. The van der Waals surface area contributed by atoms with Gasteiger partial charge in [-0.2, -0.15) is 0 Å². The lowest BCUT2D eigenvalue weighted by Crippen LogP contribution is -2.41. The second-order valence-corrected chi connectivity index (χ2v) is 8.68. The summed E-state index contributed by atoms with van der Waals surface area (Å²) < 4.78 is 6.05. The lowest BCUT2D eigenvalue weighted by molar-refractivity contribution is 0.130. The molecule has 28 heavy (non-hydrogen) atoms. The van der Waals surface area contributed by atoms with Crippen LogP contribution in [0.5, 0.6) is 5.88 Å². The number of benzene rings is 1. The van der Waals surface area contributed by atoms with Gasteiger partial charge in [-0.15, -0.1) is 0 Å². The first-order chi connectivity index (χ1) is 13.5. The maximum absolute atomic E-state index is 6.05. The van der Waals surface area contributed by atoms with Gasteiger partial charge in [0.25, 0.3) is 0 Å². The van der Waals surface area contributed by atoms with E-state index in [9.17, 15) is 0 Å². The Morgan fingerprint density at radius 1 is 1.04 bits per heavy atom. The molecule has 3 nitrogen and oxygen atoms in total. The summed E-state index contributed by atoms with van der Waals surface area (Å²) in [6.07, 6.45) is 6.95. The number of aromatic nitrogens is 1. The molecule has 0 saturated carbocycles. The molecule has 1 aliphatic heterocycles. The summed E-state index contributed by atoms with van der Waals surface area (Å²) in [5, 5.41) is 0. The fourth-order valence-electron chi connectivity index (χ4n) is 4.13. The molecule has 3 atom stereocenters. The normalized spacial score (nSPS) is 20.1. The first kappa shape index (κ1) is 20.9. The molecule has 2 aromatic rings. The number of ether oxygens (including phenoxy) is 1. The van der Waals surface area contributed by atoms with Crippen LogP contribution in [0.25, 0.3) is 0 Å². The summed E-state index contributed by atoms with van der Waals surface area (Å²) in [7, 11) is 0. The number of piperidine rings is 1. The number of pyridine rings is 1. The highest BCUT2D eigenvalue weighted by Crippen LogP contribution is 2.28. The van der Waals surface area contributed by atoms with Gasteiger partial charge in [-0.25, -0.2) is 4.98 Å². The van der Waals surface area contributed by atoms with E-state index in [-0.39, 0.29) is 6.10 Å². The van der Waals surface area contributed by atoms with Crippen molar-refractivity contribution in [3.63, 3.8) is 0 Å². The van der Waals surface area contributed by atoms with Gasteiger partial charge in [-0.1, -0.05) is 50.2 Å². The topological polar surface area (TPSA) is 25.4 Å². The molecule has 152 valence electrons. The van der Waals surface area contributed by atoms with E-state index in [1.165, 1.54) is 37.1 Å². The summed E-state index contributed by atoms with van der Waals surface area (Å²) >= 11 is 0. The quantitative estimate of drug-likeness (QED) is 0.560. The third-order valence-corrected chi connectivity index (χ3v) is 6.09. The van der Waals surface area contributed by atoms with E-state index in [4.69, 9.17) is 4.74 Å². The molecule has 1 saturated heterocycles. The van der Waals surface area contributed by atoms with Crippen LogP contribution in [0.2, 0.25) is 0 Å². The second-order valence-electron chi connectivity index (χ2n) is 8.68. The van der Waals surface area contributed by atoms with E-state index in [1.54, 1.807) is 0 Å². The van der Waals surface area contributed by atoms with Crippen LogP contribution in [0.1, 0.15) is 76.3 Å². The van der Waals surface area contributed by atoms with Crippen LogP contribution in [-0.2, 0) is 0 Å². The van der Waals surface area contributed by atoms with Crippen LogP contribution in [-0.4, -0.2) is 35.1 Å². The third-order valence-electron chi connectivity index (χ3n) is 6.09.